The summed E-state index contributed by atoms with van der Waals surface area (Å²) in [5, 5.41) is 19.3. The van der Waals surface area contributed by atoms with Crippen molar-refractivity contribution >= 4 is 31.9 Å². The standard InChI is InChI=1S/C9H10Br2O2/c10-5-8(12)9(13)6-1-3-7(11)4-2-6/h1-4,8-9,12-13H,5H2. The van der Waals surface area contributed by atoms with Crippen LogP contribution in [-0.4, -0.2) is 21.6 Å². The third-order valence-corrected chi connectivity index (χ3v) is 2.93. The fourth-order valence-corrected chi connectivity index (χ4v) is 1.58. The lowest BCUT2D eigenvalue weighted by molar-refractivity contribution is 0.0343. The van der Waals surface area contributed by atoms with Crippen LogP contribution < -0.4 is 0 Å². The van der Waals surface area contributed by atoms with Gasteiger partial charge < -0.3 is 10.2 Å². The molecule has 0 aliphatic carbocycles. The monoisotopic (exact) mass is 308 g/mol. The second-order valence-corrected chi connectivity index (χ2v) is 4.28. The van der Waals surface area contributed by atoms with Gasteiger partial charge in [0.05, 0.1) is 6.10 Å². The highest BCUT2D eigenvalue weighted by molar-refractivity contribution is 9.10. The maximum atomic E-state index is 9.58. The molecule has 1 aromatic carbocycles. The van der Waals surface area contributed by atoms with Crippen molar-refractivity contribution in [3.63, 3.8) is 0 Å². The topological polar surface area (TPSA) is 40.5 Å². The lowest BCUT2D eigenvalue weighted by Gasteiger charge is -2.15. The van der Waals surface area contributed by atoms with E-state index >= 15 is 0 Å². The lowest BCUT2D eigenvalue weighted by atomic mass is 10.1. The van der Waals surface area contributed by atoms with Gasteiger partial charge >= 0.3 is 0 Å². The Morgan fingerprint density at radius 1 is 1.15 bits per heavy atom. The van der Waals surface area contributed by atoms with Crippen LogP contribution in [-0.2, 0) is 0 Å². The molecule has 0 aliphatic heterocycles. The van der Waals surface area contributed by atoms with E-state index in [4.69, 9.17) is 0 Å². The van der Waals surface area contributed by atoms with E-state index in [9.17, 15) is 10.2 Å². The van der Waals surface area contributed by atoms with Crippen LogP contribution in [0.3, 0.4) is 0 Å². The summed E-state index contributed by atoms with van der Waals surface area (Å²) in [4.78, 5) is 0. The zero-order chi connectivity index (χ0) is 9.84. The molecule has 4 heteroatoms. The third-order valence-electron chi connectivity index (χ3n) is 1.73. The first-order valence-corrected chi connectivity index (χ1v) is 5.74. The van der Waals surface area contributed by atoms with Crippen LogP contribution in [0.15, 0.2) is 28.7 Å². The molecule has 2 unspecified atom stereocenters. The van der Waals surface area contributed by atoms with Gasteiger partial charge in [-0.25, -0.2) is 0 Å². The minimum atomic E-state index is -0.826. The van der Waals surface area contributed by atoms with Crippen LogP contribution >= 0.6 is 31.9 Å². The van der Waals surface area contributed by atoms with Crippen molar-refractivity contribution in [1.29, 1.82) is 0 Å². The molecule has 0 aromatic heterocycles. The number of aliphatic hydroxyl groups is 2. The van der Waals surface area contributed by atoms with Gasteiger partial charge in [-0.1, -0.05) is 44.0 Å². The van der Waals surface area contributed by atoms with Crippen molar-refractivity contribution in [3.05, 3.63) is 34.3 Å². The molecule has 0 saturated carbocycles. The predicted octanol–water partition coefficient (Wildman–Crippen LogP) is 2.24. The van der Waals surface area contributed by atoms with Gasteiger partial charge in [-0.2, -0.15) is 0 Å². The molecule has 0 aliphatic rings. The molecule has 0 radical (unpaired) electrons. The Morgan fingerprint density at radius 3 is 2.15 bits per heavy atom. The number of hydrogen-bond acceptors (Lipinski definition) is 2. The van der Waals surface area contributed by atoms with Crippen LogP contribution in [0.5, 0.6) is 0 Å². The highest BCUT2D eigenvalue weighted by Crippen LogP contribution is 2.20. The molecule has 0 amide bonds. The summed E-state index contributed by atoms with van der Waals surface area (Å²) in [7, 11) is 0. The quantitative estimate of drug-likeness (QED) is 0.841. The molecule has 72 valence electrons. The molecule has 0 bridgehead atoms. The molecule has 1 aromatic rings. The fourth-order valence-electron chi connectivity index (χ4n) is 0.966. The molecule has 2 atom stereocenters. The normalized spacial score (nSPS) is 15.4. The van der Waals surface area contributed by atoms with Gasteiger partial charge in [0.15, 0.2) is 0 Å². The van der Waals surface area contributed by atoms with E-state index in [2.05, 4.69) is 31.9 Å². The number of benzene rings is 1. The van der Waals surface area contributed by atoms with Gasteiger partial charge in [0.1, 0.15) is 6.10 Å². The van der Waals surface area contributed by atoms with Gasteiger partial charge in [0.25, 0.3) is 0 Å². The molecular formula is C9H10Br2O2. The van der Waals surface area contributed by atoms with E-state index in [-0.39, 0.29) is 0 Å². The average molecular weight is 310 g/mol. The summed E-state index contributed by atoms with van der Waals surface area (Å²) in [5.41, 5.74) is 0.718. The Labute approximate surface area is 93.8 Å². The molecule has 0 spiro atoms. The van der Waals surface area contributed by atoms with Crippen LogP contribution in [0.2, 0.25) is 0 Å². The Morgan fingerprint density at radius 2 is 1.69 bits per heavy atom. The van der Waals surface area contributed by atoms with Gasteiger partial charge in [0.2, 0.25) is 0 Å². The Bertz CT molecular complexity index is 261. The first-order chi connectivity index (χ1) is 6.15. The third kappa shape index (κ3) is 3.06. The second-order valence-electron chi connectivity index (χ2n) is 2.72. The molecule has 0 heterocycles. The van der Waals surface area contributed by atoms with E-state index < -0.39 is 12.2 Å². The molecule has 1 rings (SSSR count). The van der Waals surface area contributed by atoms with E-state index in [0.29, 0.717) is 5.33 Å². The zero-order valence-electron chi connectivity index (χ0n) is 6.82. The molecule has 2 N–H and O–H groups in total. The van der Waals surface area contributed by atoms with Crippen molar-refractivity contribution in [2.45, 2.75) is 12.2 Å². The maximum absolute atomic E-state index is 9.58. The van der Waals surface area contributed by atoms with Gasteiger partial charge in [-0.05, 0) is 17.7 Å². The number of hydrogen-bond donors (Lipinski definition) is 2. The van der Waals surface area contributed by atoms with Crippen LogP contribution in [0.1, 0.15) is 11.7 Å². The lowest BCUT2D eigenvalue weighted by Crippen LogP contribution is -2.19. The maximum Gasteiger partial charge on any atom is 0.106 e. The van der Waals surface area contributed by atoms with Crippen molar-refractivity contribution in [2.24, 2.45) is 0 Å². The molecule has 0 fully saturated rings. The summed E-state index contributed by atoms with van der Waals surface area (Å²) in [6.45, 7) is 0. The minimum absolute atomic E-state index is 0.365. The Kier molecular flexibility index (Phi) is 4.38. The van der Waals surface area contributed by atoms with Crippen LogP contribution in [0.25, 0.3) is 0 Å². The number of aliphatic hydroxyl groups excluding tert-OH is 2. The van der Waals surface area contributed by atoms with E-state index in [0.717, 1.165) is 10.0 Å². The zero-order valence-corrected chi connectivity index (χ0v) is 9.99. The summed E-state index contributed by atoms with van der Waals surface area (Å²) in [6, 6.07) is 7.22. The summed E-state index contributed by atoms with van der Waals surface area (Å²) in [5.74, 6) is 0. The number of rotatable bonds is 3. The first kappa shape index (κ1) is 11.2. The molecule has 13 heavy (non-hydrogen) atoms. The second kappa shape index (κ2) is 5.10. The average Bonchev–Trinajstić information content (AvgIpc) is 2.17. The molecule has 0 saturated heterocycles. The summed E-state index contributed by atoms with van der Waals surface area (Å²) >= 11 is 6.40. The van der Waals surface area contributed by atoms with Gasteiger partial charge in [0, 0.05) is 9.80 Å². The van der Waals surface area contributed by atoms with Crippen LogP contribution in [0.4, 0.5) is 0 Å². The molecular weight excluding hydrogens is 300 g/mol. The van der Waals surface area contributed by atoms with Crippen molar-refractivity contribution in [1.82, 2.24) is 0 Å². The number of alkyl halides is 1. The Balaban J connectivity index is 2.77. The van der Waals surface area contributed by atoms with Gasteiger partial charge in [-0.15, -0.1) is 0 Å². The first-order valence-electron chi connectivity index (χ1n) is 3.82. The van der Waals surface area contributed by atoms with Crippen molar-refractivity contribution < 1.29 is 10.2 Å². The van der Waals surface area contributed by atoms with E-state index in [1.807, 2.05) is 12.1 Å². The SMILES string of the molecule is OC(CBr)C(O)c1ccc(Br)cc1. The van der Waals surface area contributed by atoms with Crippen molar-refractivity contribution in [3.8, 4) is 0 Å². The predicted molar refractivity (Wildman–Crippen MR) is 58.9 cm³/mol. The summed E-state index contributed by atoms with van der Waals surface area (Å²) in [6.07, 6.45) is -1.59. The summed E-state index contributed by atoms with van der Waals surface area (Å²) < 4.78 is 0.955. The highest BCUT2D eigenvalue weighted by atomic mass is 79.9. The minimum Gasteiger partial charge on any atom is -0.389 e. The van der Waals surface area contributed by atoms with Gasteiger partial charge in [-0.3, -0.25) is 0 Å². The van der Waals surface area contributed by atoms with Crippen LogP contribution in [0, 0.1) is 0 Å². The largest absolute Gasteiger partial charge is 0.389 e. The Hall–Kier alpha value is 0.100. The number of halogens is 2. The van der Waals surface area contributed by atoms with E-state index in [1.54, 1.807) is 12.1 Å². The highest BCUT2D eigenvalue weighted by Gasteiger charge is 2.16. The fraction of sp³-hybridized carbons (Fsp3) is 0.333. The van der Waals surface area contributed by atoms with Crippen molar-refractivity contribution in [2.75, 3.05) is 5.33 Å². The van der Waals surface area contributed by atoms with E-state index in [1.165, 1.54) is 0 Å². The smallest absolute Gasteiger partial charge is 0.106 e. The molecule has 2 nitrogen and oxygen atoms in total.